The van der Waals surface area contributed by atoms with Gasteiger partial charge in [0.25, 0.3) is 0 Å². The van der Waals surface area contributed by atoms with Crippen molar-refractivity contribution in [1.82, 2.24) is 9.80 Å². The first-order chi connectivity index (χ1) is 7.24. The lowest BCUT2D eigenvalue weighted by Gasteiger charge is -2.37. The summed E-state index contributed by atoms with van der Waals surface area (Å²) in [5.74, 6) is 0.825. The molecule has 1 aliphatic rings. The molecule has 0 radical (unpaired) electrons. The Kier molecular flexibility index (Phi) is 6.62. The molecule has 3 heteroatoms. The van der Waals surface area contributed by atoms with Crippen molar-refractivity contribution >= 4 is 11.6 Å². The lowest BCUT2D eigenvalue weighted by molar-refractivity contribution is 0.104. The van der Waals surface area contributed by atoms with E-state index in [1.54, 1.807) is 0 Å². The minimum absolute atomic E-state index is 0.724. The molecule has 1 rings (SSSR count). The summed E-state index contributed by atoms with van der Waals surface area (Å²) in [6, 6.07) is 0.724. The van der Waals surface area contributed by atoms with Crippen LogP contribution < -0.4 is 0 Å². The molecule has 0 amide bonds. The number of unbranched alkanes of at least 4 members (excludes halogenated alkanes) is 3. The molecule has 0 bridgehead atoms. The van der Waals surface area contributed by atoms with Gasteiger partial charge in [0.15, 0.2) is 0 Å². The second kappa shape index (κ2) is 7.48. The minimum Gasteiger partial charge on any atom is -0.301 e. The van der Waals surface area contributed by atoms with E-state index in [0.29, 0.717) is 0 Å². The Balaban J connectivity index is 2.02. The zero-order chi connectivity index (χ0) is 11.1. The summed E-state index contributed by atoms with van der Waals surface area (Å²) in [6.45, 7) is 7.31. The van der Waals surface area contributed by atoms with Crippen molar-refractivity contribution in [1.29, 1.82) is 0 Å². The van der Waals surface area contributed by atoms with Crippen molar-refractivity contribution in [2.45, 2.75) is 38.6 Å². The van der Waals surface area contributed by atoms with Crippen LogP contribution in [-0.4, -0.2) is 54.9 Å². The Morgan fingerprint density at radius 3 is 2.53 bits per heavy atom. The lowest BCUT2D eigenvalue weighted by Crippen LogP contribution is -2.50. The van der Waals surface area contributed by atoms with Crippen LogP contribution >= 0.6 is 11.6 Å². The maximum absolute atomic E-state index is 5.65. The second-order valence-corrected chi connectivity index (χ2v) is 5.11. The van der Waals surface area contributed by atoms with Crippen molar-refractivity contribution < 1.29 is 0 Å². The average Bonchev–Trinajstić information content (AvgIpc) is 2.23. The molecule has 1 unspecified atom stereocenters. The fourth-order valence-electron chi connectivity index (χ4n) is 2.11. The predicted octanol–water partition coefficient (Wildman–Crippen LogP) is 2.42. The van der Waals surface area contributed by atoms with E-state index < -0.39 is 0 Å². The Labute approximate surface area is 99.6 Å². The minimum atomic E-state index is 0.724. The monoisotopic (exact) mass is 232 g/mol. The van der Waals surface area contributed by atoms with E-state index >= 15 is 0 Å². The highest BCUT2D eigenvalue weighted by Crippen LogP contribution is 2.09. The molecular formula is C12H25ClN2. The van der Waals surface area contributed by atoms with Gasteiger partial charge >= 0.3 is 0 Å². The number of nitrogens with zero attached hydrogens (tertiary/aromatic N) is 2. The van der Waals surface area contributed by atoms with E-state index in [-0.39, 0.29) is 0 Å². The lowest BCUT2D eigenvalue weighted by atomic mass is 10.1. The predicted molar refractivity (Wildman–Crippen MR) is 67.7 cm³/mol. The van der Waals surface area contributed by atoms with Crippen molar-refractivity contribution in [3.05, 3.63) is 0 Å². The molecule has 1 atom stereocenters. The van der Waals surface area contributed by atoms with Gasteiger partial charge in [0, 0.05) is 31.6 Å². The molecule has 1 fully saturated rings. The van der Waals surface area contributed by atoms with Gasteiger partial charge in [-0.15, -0.1) is 11.6 Å². The van der Waals surface area contributed by atoms with E-state index in [2.05, 4.69) is 23.8 Å². The number of likely N-dealkylation sites (N-methyl/N-ethyl adjacent to an activating group) is 1. The zero-order valence-corrected chi connectivity index (χ0v) is 11.0. The van der Waals surface area contributed by atoms with Crippen molar-refractivity contribution in [3.8, 4) is 0 Å². The molecule has 2 nitrogen and oxygen atoms in total. The summed E-state index contributed by atoms with van der Waals surface area (Å²) >= 11 is 5.65. The van der Waals surface area contributed by atoms with Gasteiger partial charge in [-0.2, -0.15) is 0 Å². The van der Waals surface area contributed by atoms with Crippen LogP contribution in [0.15, 0.2) is 0 Å². The Morgan fingerprint density at radius 1 is 1.13 bits per heavy atom. The first kappa shape index (κ1) is 13.3. The largest absolute Gasteiger partial charge is 0.301 e. The normalized spacial score (nSPS) is 24.6. The van der Waals surface area contributed by atoms with Gasteiger partial charge in [-0.05, 0) is 33.4 Å². The summed E-state index contributed by atoms with van der Waals surface area (Å²) in [7, 11) is 2.22. The topological polar surface area (TPSA) is 6.48 Å². The van der Waals surface area contributed by atoms with E-state index in [0.717, 1.165) is 11.9 Å². The van der Waals surface area contributed by atoms with Crippen molar-refractivity contribution in [3.63, 3.8) is 0 Å². The maximum atomic E-state index is 5.65. The maximum Gasteiger partial charge on any atom is 0.0223 e. The molecule has 1 saturated heterocycles. The summed E-state index contributed by atoms with van der Waals surface area (Å²) in [5, 5.41) is 0. The van der Waals surface area contributed by atoms with E-state index in [1.165, 1.54) is 51.9 Å². The zero-order valence-electron chi connectivity index (χ0n) is 10.2. The second-order valence-electron chi connectivity index (χ2n) is 4.73. The van der Waals surface area contributed by atoms with Gasteiger partial charge in [0.1, 0.15) is 0 Å². The highest BCUT2D eigenvalue weighted by molar-refractivity contribution is 6.17. The van der Waals surface area contributed by atoms with Crippen LogP contribution in [0, 0.1) is 0 Å². The van der Waals surface area contributed by atoms with Crippen LogP contribution in [0.4, 0.5) is 0 Å². The Hall–Kier alpha value is 0.210. The van der Waals surface area contributed by atoms with E-state index in [9.17, 15) is 0 Å². The first-order valence-corrected chi connectivity index (χ1v) is 6.76. The van der Waals surface area contributed by atoms with Crippen LogP contribution in [0.1, 0.15) is 32.6 Å². The van der Waals surface area contributed by atoms with Crippen LogP contribution in [0.25, 0.3) is 0 Å². The quantitative estimate of drug-likeness (QED) is 0.513. The molecule has 0 aromatic rings. The fraction of sp³-hybridized carbons (Fsp3) is 1.00. The number of hydrogen-bond donors (Lipinski definition) is 0. The third-order valence-electron chi connectivity index (χ3n) is 3.40. The van der Waals surface area contributed by atoms with Gasteiger partial charge in [-0.1, -0.05) is 12.8 Å². The molecule has 0 saturated carbocycles. The van der Waals surface area contributed by atoms with Crippen molar-refractivity contribution in [2.24, 2.45) is 0 Å². The van der Waals surface area contributed by atoms with Crippen molar-refractivity contribution in [2.75, 3.05) is 39.1 Å². The van der Waals surface area contributed by atoms with E-state index in [1.807, 2.05) is 0 Å². The molecule has 0 N–H and O–H groups in total. The molecule has 90 valence electrons. The number of halogens is 1. The summed E-state index contributed by atoms with van der Waals surface area (Å²) < 4.78 is 0. The Bertz CT molecular complexity index is 164. The number of hydrogen-bond acceptors (Lipinski definition) is 2. The summed E-state index contributed by atoms with van der Waals surface area (Å²) in [4.78, 5) is 5.05. The molecule has 1 heterocycles. The van der Waals surface area contributed by atoms with Gasteiger partial charge < -0.3 is 9.80 Å². The van der Waals surface area contributed by atoms with Crippen LogP contribution in [0.2, 0.25) is 0 Å². The molecule has 1 aliphatic heterocycles. The third kappa shape index (κ3) is 5.19. The van der Waals surface area contributed by atoms with Gasteiger partial charge in [-0.3, -0.25) is 0 Å². The Morgan fingerprint density at radius 2 is 1.87 bits per heavy atom. The first-order valence-electron chi connectivity index (χ1n) is 6.22. The van der Waals surface area contributed by atoms with E-state index in [4.69, 9.17) is 11.6 Å². The third-order valence-corrected chi connectivity index (χ3v) is 3.67. The fourth-order valence-corrected chi connectivity index (χ4v) is 2.30. The van der Waals surface area contributed by atoms with Gasteiger partial charge in [0.2, 0.25) is 0 Å². The highest BCUT2D eigenvalue weighted by Gasteiger charge is 2.19. The standard InChI is InChI=1S/C12H25ClN2/c1-12-11-15(10-9-14(12)2)8-6-4-3-5-7-13/h12H,3-11H2,1-2H3. The van der Waals surface area contributed by atoms with Gasteiger partial charge in [-0.25, -0.2) is 0 Å². The number of rotatable bonds is 6. The highest BCUT2D eigenvalue weighted by atomic mass is 35.5. The smallest absolute Gasteiger partial charge is 0.0223 e. The average molecular weight is 233 g/mol. The molecule has 15 heavy (non-hydrogen) atoms. The van der Waals surface area contributed by atoms with Crippen LogP contribution in [0.5, 0.6) is 0 Å². The molecule has 0 aromatic carbocycles. The number of piperazine rings is 1. The molecule has 0 aliphatic carbocycles. The van der Waals surface area contributed by atoms with Crippen LogP contribution in [-0.2, 0) is 0 Å². The SMILES string of the molecule is CC1CN(CCCCCCCl)CCN1C. The van der Waals surface area contributed by atoms with Gasteiger partial charge in [0.05, 0.1) is 0 Å². The summed E-state index contributed by atoms with van der Waals surface area (Å²) in [5.41, 5.74) is 0. The summed E-state index contributed by atoms with van der Waals surface area (Å²) in [6.07, 6.45) is 5.16. The molecule has 0 aromatic heterocycles. The molecular weight excluding hydrogens is 208 g/mol. The number of alkyl halides is 1. The van der Waals surface area contributed by atoms with Crippen LogP contribution in [0.3, 0.4) is 0 Å². The molecule has 0 spiro atoms.